The lowest BCUT2D eigenvalue weighted by Crippen LogP contribution is -2.30. The molecule has 0 bridgehead atoms. The van der Waals surface area contributed by atoms with Crippen molar-refractivity contribution >= 4 is 11.4 Å². The summed E-state index contributed by atoms with van der Waals surface area (Å²) < 4.78 is 25.3. The number of nitrogens with zero attached hydrogens (tertiary/aromatic N) is 2. The summed E-state index contributed by atoms with van der Waals surface area (Å²) in [5.74, 6) is 2.70. The van der Waals surface area contributed by atoms with Gasteiger partial charge in [0.05, 0.1) is 31.3 Å². The summed E-state index contributed by atoms with van der Waals surface area (Å²) in [6.45, 7) is 9.35. The van der Waals surface area contributed by atoms with E-state index in [1.807, 2.05) is 13.0 Å². The summed E-state index contributed by atoms with van der Waals surface area (Å²) in [6.07, 6.45) is 8.17. The number of halogens is 1. The molecule has 0 aliphatic carbocycles. The van der Waals surface area contributed by atoms with Crippen LogP contribution in [0, 0.1) is 24.1 Å². The van der Waals surface area contributed by atoms with Crippen LogP contribution >= 0.6 is 0 Å². The zero-order valence-corrected chi connectivity index (χ0v) is 15.5. The van der Waals surface area contributed by atoms with Crippen molar-refractivity contribution in [1.82, 2.24) is 9.97 Å². The average Bonchev–Trinajstić information content (AvgIpc) is 3.01. The zero-order valence-electron chi connectivity index (χ0n) is 15.5. The molecule has 2 heterocycles. The molecule has 2 atom stereocenters. The molecular formula is C21H22FN3O2. The largest absolute Gasteiger partial charge is 0.463 e. The molecule has 5 nitrogen and oxygen atoms in total. The van der Waals surface area contributed by atoms with Gasteiger partial charge in [-0.2, -0.15) is 0 Å². The van der Waals surface area contributed by atoms with Crippen molar-refractivity contribution in [3.63, 3.8) is 0 Å². The first-order valence-corrected chi connectivity index (χ1v) is 8.66. The van der Waals surface area contributed by atoms with E-state index in [1.165, 1.54) is 12.3 Å². The topological polar surface area (TPSA) is 56.3 Å². The van der Waals surface area contributed by atoms with Crippen LogP contribution in [0.15, 0.2) is 37.2 Å². The molecule has 0 saturated carbocycles. The van der Waals surface area contributed by atoms with Crippen molar-refractivity contribution < 1.29 is 13.9 Å². The molecule has 0 amide bonds. The third-order valence-electron chi connectivity index (χ3n) is 4.98. The van der Waals surface area contributed by atoms with E-state index in [0.717, 1.165) is 5.69 Å². The highest BCUT2D eigenvalue weighted by molar-refractivity contribution is 5.73. The van der Waals surface area contributed by atoms with Crippen molar-refractivity contribution in [2.75, 3.05) is 25.1 Å². The van der Waals surface area contributed by atoms with Crippen molar-refractivity contribution in [2.24, 2.45) is 5.92 Å². The Balaban J connectivity index is 1.77. The van der Waals surface area contributed by atoms with Gasteiger partial charge in [-0.3, -0.25) is 0 Å². The van der Waals surface area contributed by atoms with Gasteiger partial charge in [-0.15, -0.1) is 6.42 Å². The fourth-order valence-corrected chi connectivity index (χ4v) is 3.06. The second kappa shape index (κ2) is 7.77. The summed E-state index contributed by atoms with van der Waals surface area (Å²) in [7, 11) is 0. The van der Waals surface area contributed by atoms with Crippen molar-refractivity contribution in [3.8, 4) is 18.2 Å². The third-order valence-corrected chi connectivity index (χ3v) is 4.98. The molecule has 140 valence electrons. The van der Waals surface area contributed by atoms with E-state index < -0.39 is 0 Å². The van der Waals surface area contributed by atoms with Gasteiger partial charge >= 0.3 is 0 Å². The monoisotopic (exact) mass is 367 g/mol. The van der Waals surface area contributed by atoms with E-state index in [0.29, 0.717) is 36.0 Å². The number of aromatic nitrogens is 2. The van der Waals surface area contributed by atoms with E-state index in [2.05, 4.69) is 34.7 Å². The second-order valence-corrected chi connectivity index (χ2v) is 6.86. The highest BCUT2D eigenvalue weighted by Crippen LogP contribution is 2.39. The molecule has 1 aromatic carbocycles. The van der Waals surface area contributed by atoms with E-state index >= 15 is 0 Å². The van der Waals surface area contributed by atoms with Crippen LogP contribution in [0.1, 0.15) is 25.1 Å². The van der Waals surface area contributed by atoms with Crippen LogP contribution in [-0.2, 0) is 10.2 Å². The first kappa shape index (κ1) is 18.9. The van der Waals surface area contributed by atoms with Crippen molar-refractivity contribution in [1.29, 1.82) is 0 Å². The Morgan fingerprint density at radius 3 is 2.93 bits per heavy atom. The number of terminal acetylenes is 1. The summed E-state index contributed by atoms with van der Waals surface area (Å²) in [5.41, 5.74) is 2.10. The summed E-state index contributed by atoms with van der Waals surface area (Å²) in [4.78, 5) is 8.40. The number of ether oxygens (including phenoxy) is 2. The average molecular weight is 367 g/mol. The van der Waals surface area contributed by atoms with Crippen molar-refractivity contribution in [3.05, 3.63) is 54.2 Å². The highest BCUT2D eigenvalue weighted by atomic mass is 19.1. The molecule has 1 aliphatic rings. The minimum atomic E-state index is -0.362. The number of rotatable bonds is 6. The molecule has 1 N–H and O–H groups in total. The fourth-order valence-electron chi connectivity index (χ4n) is 3.06. The molecule has 1 aromatic heterocycles. The van der Waals surface area contributed by atoms with Gasteiger partial charge in [0.2, 0.25) is 5.88 Å². The number of hydrogen-bond donors (Lipinski definition) is 1. The number of benzene rings is 1. The van der Waals surface area contributed by atoms with Crippen LogP contribution in [0.25, 0.3) is 5.70 Å². The van der Waals surface area contributed by atoms with Crippen LogP contribution < -0.4 is 10.1 Å². The van der Waals surface area contributed by atoms with Gasteiger partial charge in [0.1, 0.15) is 11.5 Å². The van der Waals surface area contributed by atoms with Crippen LogP contribution in [-0.4, -0.2) is 29.8 Å². The maximum absolute atomic E-state index is 14.5. The van der Waals surface area contributed by atoms with Gasteiger partial charge in [-0.25, -0.2) is 14.4 Å². The van der Waals surface area contributed by atoms with E-state index in [4.69, 9.17) is 15.9 Å². The predicted molar refractivity (Wildman–Crippen MR) is 103 cm³/mol. The highest BCUT2D eigenvalue weighted by Gasteiger charge is 2.40. The Bertz CT molecular complexity index is 876. The summed E-state index contributed by atoms with van der Waals surface area (Å²) in [5, 5.41) is 3.17. The second-order valence-electron chi connectivity index (χ2n) is 6.86. The maximum atomic E-state index is 14.5. The normalized spacial score (nSPS) is 21.5. The molecule has 0 radical (unpaired) electrons. The molecule has 1 fully saturated rings. The van der Waals surface area contributed by atoms with E-state index in [-0.39, 0.29) is 23.8 Å². The van der Waals surface area contributed by atoms with E-state index in [1.54, 1.807) is 12.3 Å². The molecular weight excluding hydrogens is 345 g/mol. The van der Waals surface area contributed by atoms with Gasteiger partial charge in [-0.1, -0.05) is 26.3 Å². The molecule has 0 spiro atoms. The molecule has 1 saturated heterocycles. The molecule has 2 aromatic rings. The smallest absolute Gasteiger partial charge is 0.233 e. The van der Waals surface area contributed by atoms with Crippen LogP contribution in [0.5, 0.6) is 5.88 Å². The summed E-state index contributed by atoms with van der Waals surface area (Å²) >= 11 is 0. The lowest BCUT2D eigenvalue weighted by Gasteiger charge is -2.28. The van der Waals surface area contributed by atoms with Gasteiger partial charge in [0.15, 0.2) is 6.61 Å². The summed E-state index contributed by atoms with van der Waals surface area (Å²) in [6, 6.07) is 4.94. The fraction of sp³-hybridized carbons (Fsp3) is 0.333. The molecule has 1 aliphatic heterocycles. The minimum Gasteiger partial charge on any atom is -0.463 e. The Labute approximate surface area is 158 Å². The number of hydrogen-bond acceptors (Lipinski definition) is 5. The molecule has 0 unspecified atom stereocenters. The third kappa shape index (κ3) is 3.93. The zero-order chi connectivity index (χ0) is 19.4. The van der Waals surface area contributed by atoms with E-state index in [9.17, 15) is 4.39 Å². The van der Waals surface area contributed by atoms with Crippen molar-refractivity contribution in [2.45, 2.75) is 19.3 Å². The van der Waals surface area contributed by atoms with Crippen LogP contribution in [0.3, 0.4) is 0 Å². The Morgan fingerprint density at radius 1 is 1.48 bits per heavy atom. The Hall–Kier alpha value is -2.91. The van der Waals surface area contributed by atoms with Crippen LogP contribution in [0.2, 0.25) is 0 Å². The standard InChI is InChI=1S/C21H22FN3O2/c1-5-8-27-20-11-23-19(10-24-20)15(3)25-16-6-7-18(22)17(9-16)21(4)13-26-12-14(21)2/h1,6-7,9-11,14,25H,3,8,12-13H2,2,4H3/t14-,21-/m1/s1. The Kier molecular flexibility index (Phi) is 5.43. The SMILES string of the molecule is C#CCOc1cnc(C(=C)Nc2ccc(F)c([C@]3(C)COC[C@H]3C)c2)cn1. The lowest BCUT2D eigenvalue weighted by molar-refractivity contribution is 0.177. The van der Waals surface area contributed by atoms with Gasteiger partial charge in [0, 0.05) is 11.1 Å². The first-order chi connectivity index (χ1) is 12.9. The van der Waals surface area contributed by atoms with Gasteiger partial charge in [-0.05, 0) is 29.7 Å². The quantitative estimate of drug-likeness (QED) is 0.790. The number of anilines is 1. The first-order valence-electron chi connectivity index (χ1n) is 8.66. The Morgan fingerprint density at radius 2 is 2.30 bits per heavy atom. The van der Waals surface area contributed by atoms with Crippen LogP contribution in [0.4, 0.5) is 10.1 Å². The minimum absolute atomic E-state index is 0.131. The maximum Gasteiger partial charge on any atom is 0.233 e. The molecule has 6 heteroatoms. The molecule has 27 heavy (non-hydrogen) atoms. The van der Waals surface area contributed by atoms with Gasteiger partial charge < -0.3 is 14.8 Å². The van der Waals surface area contributed by atoms with Gasteiger partial charge in [0.25, 0.3) is 0 Å². The number of nitrogens with one attached hydrogen (secondary N) is 1. The molecule has 3 rings (SSSR count). The lowest BCUT2D eigenvalue weighted by atomic mass is 9.75. The predicted octanol–water partition coefficient (Wildman–Crippen LogP) is 3.63.